The zero-order chi connectivity index (χ0) is 25.2. The number of esters is 1. The number of benzene rings is 3. The Labute approximate surface area is 216 Å². The number of hydrogen-bond donors (Lipinski definition) is 1. The molecular weight excluding hydrogens is 472 g/mol. The quantitative estimate of drug-likeness (QED) is 0.129. The second kappa shape index (κ2) is 12.8. The van der Waals surface area contributed by atoms with Crippen LogP contribution in [0.3, 0.4) is 0 Å². The summed E-state index contributed by atoms with van der Waals surface area (Å²) >= 11 is 1.74. The number of H-pyrrole nitrogens is 1. The summed E-state index contributed by atoms with van der Waals surface area (Å²) in [5.74, 6) is 1.71. The molecule has 4 aromatic rings. The van der Waals surface area contributed by atoms with E-state index in [1.54, 1.807) is 37.1 Å². The zero-order valence-electron chi connectivity index (χ0n) is 20.5. The third-order valence-electron chi connectivity index (χ3n) is 5.66. The summed E-state index contributed by atoms with van der Waals surface area (Å²) in [6, 6.07) is 25.7. The highest BCUT2D eigenvalue weighted by molar-refractivity contribution is 7.99. The molecule has 0 unspecified atom stereocenters. The number of thioether (sulfide) groups is 1. The maximum atomic E-state index is 11.7. The van der Waals surface area contributed by atoms with Gasteiger partial charge < -0.3 is 19.2 Å². The molecule has 0 saturated carbocycles. The van der Waals surface area contributed by atoms with Gasteiger partial charge in [-0.3, -0.25) is 0 Å². The molecule has 36 heavy (non-hydrogen) atoms. The minimum atomic E-state index is -0.402. The molecule has 0 atom stereocenters. The molecular formula is C29H30N2O4S. The summed E-state index contributed by atoms with van der Waals surface area (Å²) in [6.07, 6.45) is 3.01. The van der Waals surface area contributed by atoms with Gasteiger partial charge in [0.2, 0.25) is 0 Å². The predicted octanol–water partition coefficient (Wildman–Crippen LogP) is 6.88. The Hall–Kier alpha value is -3.71. The number of ether oxygens (including phenoxy) is 3. The predicted molar refractivity (Wildman–Crippen MR) is 144 cm³/mol. The first-order chi connectivity index (χ1) is 17.7. The zero-order valence-corrected chi connectivity index (χ0v) is 21.3. The second-order valence-corrected chi connectivity index (χ2v) is 9.20. The molecule has 0 aliphatic rings. The van der Waals surface area contributed by atoms with Gasteiger partial charge in [0.25, 0.3) is 0 Å². The van der Waals surface area contributed by atoms with Crippen LogP contribution in [0.5, 0.6) is 11.5 Å². The maximum Gasteiger partial charge on any atom is 0.337 e. The molecule has 0 aliphatic heterocycles. The number of rotatable bonds is 12. The van der Waals surface area contributed by atoms with E-state index in [4.69, 9.17) is 19.2 Å². The lowest BCUT2D eigenvalue weighted by Crippen LogP contribution is -2.04. The number of carbonyl (C=O) groups is 1. The maximum absolute atomic E-state index is 11.7. The van der Waals surface area contributed by atoms with E-state index in [9.17, 15) is 4.79 Å². The van der Waals surface area contributed by atoms with Crippen molar-refractivity contribution in [2.75, 3.05) is 26.6 Å². The monoisotopic (exact) mass is 502 g/mol. The van der Waals surface area contributed by atoms with Gasteiger partial charge in [-0.05, 0) is 37.5 Å². The average molecular weight is 503 g/mol. The van der Waals surface area contributed by atoms with E-state index < -0.39 is 5.97 Å². The Balaban J connectivity index is 1.27. The molecule has 1 N–H and O–H groups in total. The highest BCUT2D eigenvalue weighted by Crippen LogP contribution is 2.33. The third kappa shape index (κ3) is 6.49. The molecule has 0 aliphatic carbocycles. The van der Waals surface area contributed by atoms with E-state index >= 15 is 0 Å². The normalized spacial score (nSPS) is 10.7. The molecule has 186 valence electrons. The van der Waals surface area contributed by atoms with Gasteiger partial charge in [0.05, 0.1) is 37.8 Å². The number of methoxy groups -OCH3 is 2. The number of nitrogens with one attached hydrogen (secondary N) is 1. The Kier molecular flexibility index (Phi) is 9.05. The van der Waals surface area contributed by atoms with Crippen molar-refractivity contribution in [3.63, 3.8) is 0 Å². The van der Waals surface area contributed by atoms with Crippen molar-refractivity contribution < 1.29 is 19.0 Å². The largest absolute Gasteiger partial charge is 0.493 e. The average Bonchev–Trinajstić information content (AvgIpc) is 3.37. The number of hydrogen-bond acceptors (Lipinski definition) is 6. The summed E-state index contributed by atoms with van der Waals surface area (Å²) in [6.45, 7) is 0.579. The van der Waals surface area contributed by atoms with Crippen molar-refractivity contribution in [3.05, 3.63) is 84.4 Å². The van der Waals surface area contributed by atoms with Crippen molar-refractivity contribution in [1.29, 1.82) is 0 Å². The SMILES string of the molecule is COC(=O)c1ccc(OCCCCCSc2nc(-c3ccccc3)c(-c3ccccc3)[nH]2)c(OC)c1. The van der Waals surface area contributed by atoms with E-state index in [1.807, 2.05) is 36.4 Å². The molecule has 0 spiro atoms. The number of carbonyl (C=O) groups excluding carboxylic acids is 1. The van der Waals surface area contributed by atoms with Crippen LogP contribution in [0.15, 0.2) is 84.0 Å². The summed E-state index contributed by atoms with van der Waals surface area (Å²) in [5, 5.41) is 0.930. The van der Waals surface area contributed by atoms with Gasteiger partial charge in [-0.2, -0.15) is 0 Å². The fraction of sp³-hybridized carbons (Fsp3) is 0.241. The number of unbranched alkanes of at least 4 members (excludes halogenated alkanes) is 2. The summed E-state index contributed by atoms with van der Waals surface area (Å²) in [5.41, 5.74) is 4.69. The van der Waals surface area contributed by atoms with Crippen molar-refractivity contribution in [3.8, 4) is 34.0 Å². The van der Waals surface area contributed by atoms with Crippen molar-refractivity contribution in [1.82, 2.24) is 9.97 Å². The van der Waals surface area contributed by atoms with Gasteiger partial charge in [0.1, 0.15) is 0 Å². The minimum absolute atomic E-state index is 0.402. The first-order valence-electron chi connectivity index (χ1n) is 11.9. The van der Waals surface area contributed by atoms with Gasteiger partial charge >= 0.3 is 5.97 Å². The van der Waals surface area contributed by atoms with Crippen LogP contribution in [0.25, 0.3) is 22.5 Å². The molecule has 0 radical (unpaired) electrons. The molecule has 0 amide bonds. The van der Waals surface area contributed by atoms with Gasteiger partial charge in [-0.1, -0.05) is 72.4 Å². The lowest BCUT2D eigenvalue weighted by atomic mass is 10.1. The van der Waals surface area contributed by atoms with Crippen molar-refractivity contribution >= 4 is 17.7 Å². The van der Waals surface area contributed by atoms with Crippen LogP contribution in [0.1, 0.15) is 29.6 Å². The van der Waals surface area contributed by atoms with E-state index in [0.717, 1.165) is 52.7 Å². The van der Waals surface area contributed by atoms with Crippen molar-refractivity contribution in [2.45, 2.75) is 24.4 Å². The number of imidazole rings is 1. The van der Waals surface area contributed by atoms with Gasteiger partial charge in [0, 0.05) is 16.9 Å². The third-order valence-corrected chi connectivity index (χ3v) is 6.62. The van der Waals surface area contributed by atoms with E-state index in [0.29, 0.717) is 23.7 Å². The number of nitrogens with zero attached hydrogens (tertiary/aromatic N) is 1. The molecule has 0 bridgehead atoms. The molecule has 3 aromatic carbocycles. The van der Waals surface area contributed by atoms with Gasteiger partial charge in [-0.25, -0.2) is 9.78 Å². The van der Waals surface area contributed by atoms with Crippen LogP contribution < -0.4 is 9.47 Å². The Bertz CT molecular complexity index is 1200. The summed E-state index contributed by atoms with van der Waals surface area (Å²) in [4.78, 5) is 20.1. The van der Waals surface area contributed by atoms with Crippen LogP contribution in [-0.4, -0.2) is 42.5 Å². The second-order valence-electron chi connectivity index (χ2n) is 8.11. The summed E-state index contributed by atoms with van der Waals surface area (Å²) in [7, 11) is 2.91. The standard InChI is InChI=1S/C29H30N2O4S/c1-33-25-20-23(28(32)34-2)16-17-24(25)35-18-10-5-11-19-36-29-30-26(21-12-6-3-7-13-21)27(31-29)22-14-8-4-9-15-22/h3-4,6-9,12-17,20H,5,10-11,18-19H2,1-2H3,(H,30,31). The topological polar surface area (TPSA) is 73.4 Å². The Morgan fingerprint density at radius 3 is 2.28 bits per heavy atom. The Morgan fingerprint density at radius 1 is 0.861 bits per heavy atom. The molecule has 6 nitrogen and oxygen atoms in total. The molecule has 4 rings (SSSR count). The van der Waals surface area contributed by atoms with Crippen LogP contribution in [-0.2, 0) is 4.74 Å². The van der Waals surface area contributed by atoms with E-state index in [-0.39, 0.29) is 0 Å². The fourth-order valence-electron chi connectivity index (χ4n) is 3.80. The van der Waals surface area contributed by atoms with Crippen LogP contribution in [0.2, 0.25) is 0 Å². The van der Waals surface area contributed by atoms with Gasteiger partial charge in [0.15, 0.2) is 16.7 Å². The Morgan fingerprint density at radius 2 is 1.58 bits per heavy atom. The van der Waals surface area contributed by atoms with Gasteiger partial charge in [-0.15, -0.1) is 0 Å². The van der Waals surface area contributed by atoms with E-state index in [1.165, 1.54) is 7.11 Å². The highest BCUT2D eigenvalue weighted by Gasteiger charge is 2.14. The summed E-state index contributed by atoms with van der Waals surface area (Å²) < 4.78 is 16.0. The first kappa shape index (κ1) is 25.4. The smallest absolute Gasteiger partial charge is 0.337 e. The molecule has 1 aromatic heterocycles. The fourth-order valence-corrected chi connectivity index (χ4v) is 4.67. The molecule has 1 heterocycles. The lowest BCUT2D eigenvalue weighted by molar-refractivity contribution is 0.0600. The first-order valence-corrected chi connectivity index (χ1v) is 12.9. The number of aromatic amines is 1. The minimum Gasteiger partial charge on any atom is -0.493 e. The van der Waals surface area contributed by atoms with Crippen LogP contribution in [0, 0.1) is 0 Å². The lowest BCUT2D eigenvalue weighted by Gasteiger charge is -2.11. The number of aromatic nitrogens is 2. The highest BCUT2D eigenvalue weighted by atomic mass is 32.2. The molecule has 7 heteroatoms. The molecule has 0 saturated heterocycles. The molecule has 0 fully saturated rings. The van der Waals surface area contributed by atoms with Crippen LogP contribution >= 0.6 is 11.8 Å². The van der Waals surface area contributed by atoms with E-state index in [2.05, 4.69) is 29.2 Å². The van der Waals surface area contributed by atoms with Crippen LogP contribution in [0.4, 0.5) is 0 Å². The van der Waals surface area contributed by atoms with Crippen molar-refractivity contribution in [2.24, 2.45) is 0 Å².